The maximum atomic E-state index is 11.8. The topological polar surface area (TPSA) is 75.6 Å². The first kappa shape index (κ1) is 15.1. The van der Waals surface area contributed by atoms with Crippen molar-refractivity contribution in [2.75, 3.05) is 11.5 Å². The van der Waals surface area contributed by atoms with Crippen LogP contribution in [0.1, 0.15) is 40.0 Å². The number of alkyl carbamates (subject to hydrolysis) is 1. The normalized spacial score (nSPS) is 19.1. The van der Waals surface area contributed by atoms with Gasteiger partial charge >= 0.3 is 12.1 Å². The molecule has 0 unspecified atom stereocenters. The van der Waals surface area contributed by atoms with Gasteiger partial charge in [0.1, 0.15) is 5.60 Å². The molecule has 0 atom stereocenters. The van der Waals surface area contributed by atoms with Crippen LogP contribution in [-0.2, 0) is 9.53 Å². The molecule has 2 N–H and O–H groups in total. The van der Waals surface area contributed by atoms with Crippen molar-refractivity contribution >= 4 is 23.8 Å². The van der Waals surface area contributed by atoms with Gasteiger partial charge in [0.2, 0.25) is 0 Å². The van der Waals surface area contributed by atoms with Crippen LogP contribution in [0.3, 0.4) is 0 Å². The predicted octanol–water partition coefficient (Wildman–Crippen LogP) is 2.25. The standard InChI is InChI=1S/C12H21NO4S/c1-11(2,3)17-10(16)13-12(8-9(14)15)4-6-18-7-5-12/h4-8H2,1-3H3,(H,13,16)(H,14,15). The lowest BCUT2D eigenvalue weighted by Crippen LogP contribution is -2.53. The van der Waals surface area contributed by atoms with Crippen LogP contribution in [0.2, 0.25) is 0 Å². The molecule has 1 rings (SSSR count). The summed E-state index contributed by atoms with van der Waals surface area (Å²) >= 11 is 1.78. The third kappa shape index (κ3) is 5.16. The molecule has 104 valence electrons. The molecule has 1 fully saturated rings. The molecule has 0 aromatic rings. The van der Waals surface area contributed by atoms with E-state index >= 15 is 0 Å². The smallest absolute Gasteiger partial charge is 0.408 e. The monoisotopic (exact) mass is 275 g/mol. The van der Waals surface area contributed by atoms with Gasteiger partial charge in [0.05, 0.1) is 12.0 Å². The van der Waals surface area contributed by atoms with Gasteiger partial charge in [-0.05, 0) is 45.1 Å². The van der Waals surface area contributed by atoms with Crippen LogP contribution in [0.4, 0.5) is 4.79 Å². The zero-order chi connectivity index (χ0) is 13.8. The number of carboxylic acids is 1. The van der Waals surface area contributed by atoms with Crippen LogP contribution in [0, 0.1) is 0 Å². The van der Waals surface area contributed by atoms with Crippen LogP contribution in [0.25, 0.3) is 0 Å². The SMILES string of the molecule is CC(C)(C)OC(=O)NC1(CC(=O)O)CCSCC1. The third-order valence-electron chi connectivity index (χ3n) is 2.71. The highest BCUT2D eigenvalue weighted by molar-refractivity contribution is 7.99. The molecule has 0 radical (unpaired) electrons. The minimum Gasteiger partial charge on any atom is -0.481 e. The minimum absolute atomic E-state index is 0.0488. The Labute approximate surface area is 112 Å². The molecule has 0 aliphatic carbocycles. The Morgan fingerprint density at radius 2 is 1.89 bits per heavy atom. The first-order valence-electron chi connectivity index (χ1n) is 6.03. The number of hydrogen-bond donors (Lipinski definition) is 2. The van der Waals surface area contributed by atoms with E-state index in [-0.39, 0.29) is 6.42 Å². The zero-order valence-corrected chi connectivity index (χ0v) is 11.9. The molecule has 1 aliphatic rings. The van der Waals surface area contributed by atoms with Crippen molar-refractivity contribution in [1.29, 1.82) is 0 Å². The maximum absolute atomic E-state index is 11.8. The molecule has 6 heteroatoms. The molecule has 1 heterocycles. The van der Waals surface area contributed by atoms with Crippen molar-refractivity contribution in [3.63, 3.8) is 0 Å². The molecule has 1 saturated heterocycles. The maximum Gasteiger partial charge on any atom is 0.408 e. The Hall–Kier alpha value is -0.910. The number of amides is 1. The van der Waals surface area contributed by atoms with Crippen molar-refractivity contribution in [2.45, 2.75) is 51.2 Å². The largest absolute Gasteiger partial charge is 0.481 e. The molecule has 0 aromatic carbocycles. The number of thioether (sulfide) groups is 1. The summed E-state index contributed by atoms with van der Waals surface area (Å²) in [5.41, 5.74) is -1.22. The molecule has 0 bridgehead atoms. The minimum atomic E-state index is -0.891. The lowest BCUT2D eigenvalue weighted by Gasteiger charge is -2.37. The number of hydrogen-bond acceptors (Lipinski definition) is 4. The molecule has 1 amide bonds. The quantitative estimate of drug-likeness (QED) is 0.826. The van der Waals surface area contributed by atoms with Crippen LogP contribution in [-0.4, -0.2) is 39.8 Å². The molecule has 5 nitrogen and oxygen atoms in total. The van der Waals surface area contributed by atoms with E-state index < -0.39 is 23.2 Å². The van der Waals surface area contributed by atoms with Crippen LogP contribution >= 0.6 is 11.8 Å². The van der Waals surface area contributed by atoms with Crippen LogP contribution in [0.15, 0.2) is 0 Å². The van der Waals surface area contributed by atoms with Gasteiger partial charge in [-0.25, -0.2) is 4.79 Å². The number of ether oxygens (including phenoxy) is 1. The molecular weight excluding hydrogens is 254 g/mol. The van der Waals surface area contributed by atoms with Gasteiger partial charge in [0, 0.05) is 0 Å². The highest BCUT2D eigenvalue weighted by Crippen LogP contribution is 2.30. The van der Waals surface area contributed by atoms with Gasteiger partial charge in [-0.1, -0.05) is 0 Å². The van der Waals surface area contributed by atoms with E-state index in [1.165, 1.54) is 0 Å². The Morgan fingerprint density at radius 3 is 2.33 bits per heavy atom. The van der Waals surface area contributed by atoms with E-state index in [0.29, 0.717) is 12.8 Å². The van der Waals surface area contributed by atoms with E-state index in [9.17, 15) is 9.59 Å². The van der Waals surface area contributed by atoms with Gasteiger partial charge in [-0.15, -0.1) is 0 Å². The molecule has 0 saturated carbocycles. The molecule has 1 aliphatic heterocycles. The number of aliphatic carboxylic acids is 1. The fourth-order valence-electron chi connectivity index (χ4n) is 1.92. The summed E-state index contributed by atoms with van der Waals surface area (Å²) in [7, 11) is 0. The van der Waals surface area contributed by atoms with E-state index in [2.05, 4.69) is 5.32 Å². The molecular formula is C12H21NO4S. The average molecular weight is 275 g/mol. The summed E-state index contributed by atoms with van der Waals surface area (Å²) in [6, 6.07) is 0. The second-order valence-electron chi connectivity index (χ2n) is 5.59. The molecule has 0 spiro atoms. The summed E-state index contributed by atoms with van der Waals surface area (Å²) in [6.45, 7) is 5.35. The lowest BCUT2D eigenvalue weighted by atomic mass is 9.88. The Morgan fingerprint density at radius 1 is 1.33 bits per heavy atom. The van der Waals surface area contributed by atoms with Crippen molar-refractivity contribution in [3.05, 3.63) is 0 Å². The molecule has 0 aromatic heterocycles. The van der Waals surface area contributed by atoms with Crippen molar-refractivity contribution in [3.8, 4) is 0 Å². The van der Waals surface area contributed by atoms with Crippen molar-refractivity contribution < 1.29 is 19.4 Å². The van der Waals surface area contributed by atoms with E-state index in [1.54, 1.807) is 32.5 Å². The Balaban J connectivity index is 2.66. The van der Waals surface area contributed by atoms with E-state index in [4.69, 9.17) is 9.84 Å². The van der Waals surface area contributed by atoms with E-state index in [1.807, 2.05) is 0 Å². The fourth-order valence-corrected chi connectivity index (χ4v) is 3.19. The fraction of sp³-hybridized carbons (Fsp3) is 0.833. The van der Waals surface area contributed by atoms with Gasteiger partial charge in [0.15, 0.2) is 0 Å². The number of carbonyl (C=O) groups is 2. The third-order valence-corrected chi connectivity index (χ3v) is 3.69. The average Bonchev–Trinajstić information content (AvgIpc) is 2.13. The summed E-state index contributed by atoms with van der Waals surface area (Å²) in [6.07, 6.45) is 0.759. The molecule has 18 heavy (non-hydrogen) atoms. The number of rotatable bonds is 3. The van der Waals surface area contributed by atoms with Gasteiger partial charge in [0.25, 0.3) is 0 Å². The zero-order valence-electron chi connectivity index (χ0n) is 11.1. The Kier molecular flexibility index (Phi) is 4.90. The van der Waals surface area contributed by atoms with E-state index in [0.717, 1.165) is 11.5 Å². The summed E-state index contributed by atoms with van der Waals surface area (Å²) in [5, 5.41) is 11.7. The summed E-state index contributed by atoms with van der Waals surface area (Å²) < 4.78 is 5.20. The second-order valence-corrected chi connectivity index (χ2v) is 6.81. The van der Waals surface area contributed by atoms with Gasteiger partial charge in [-0.2, -0.15) is 11.8 Å². The lowest BCUT2D eigenvalue weighted by molar-refractivity contribution is -0.138. The Bertz CT molecular complexity index is 319. The predicted molar refractivity (Wildman–Crippen MR) is 70.9 cm³/mol. The van der Waals surface area contributed by atoms with Gasteiger partial charge < -0.3 is 15.2 Å². The first-order chi connectivity index (χ1) is 8.22. The summed E-state index contributed by atoms with van der Waals surface area (Å²) in [4.78, 5) is 22.7. The highest BCUT2D eigenvalue weighted by atomic mass is 32.2. The number of carbonyl (C=O) groups excluding carboxylic acids is 1. The van der Waals surface area contributed by atoms with Crippen molar-refractivity contribution in [1.82, 2.24) is 5.32 Å². The highest BCUT2D eigenvalue weighted by Gasteiger charge is 2.37. The summed E-state index contributed by atoms with van der Waals surface area (Å²) in [5.74, 6) is 0.838. The first-order valence-corrected chi connectivity index (χ1v) is 7.19. The van der Waals surface area contributed by atoms with Gasteiger partial charge in [-0.3, -0.25) is 4.79 Å². The number of carboxylic acid groups (broad SMARTS) is 1. The van der Waals surface area contributed by atoms with Crippen LogP contribution < -0.4 is 5.32 Å². The van der Waals surface area contributed by atoms with Crippen molar-refractivity contribution in [2.24, 2.45) is 0 Å². The number of nitrogens with one attached hydrogen (secondary N) is 1. The van der Waals surface area contributed by atoms with Crippen LogP contribution in [0.5, 0.6) is 0 Å². The second kappa shape index (κ2) is 5.82.